The van der Waals surface area contributed by atoms with Gasteiger partial charge in [0.15, 0.2) is 0 Å². The predicted octanol–water partition coefficient (Wildman–Crippen LogP) is 8.06. The van der Waals surface area contributed by atoms with Crippen LogP contribution in [0.2, 0.25) is 0 Å². The van der Waals surface area contributed by atoms with Crippen LogP contribution in [0.4, 0.5) is 11.4 Å². The third-order valence-corrected chi connectivity index (χ3v) is 6.30. The highest BCUT2D eigenvalue weighted by Crippen LogP contribution is 2.44. The summed E-state index contributed by atoms with van der Waals surface area (Å²) in [6.07, 6.45) is 0. The Labute approximate surface area is 206 Å². The molecule has 0 aromatic heterocycles. The Morgan fingerprint density at radius 1 is 0.794 bits per heavy atom. The summed E-state index contributed by atoms with van der Waals surface area (Å²) in [5, 5.41) is 11.5. The van der Waals surface area contributed by atoms with Gasteiger partial charge >= 0.3 is 0 Å². The standard InChI is InChI=1S/C31H41NO2/c1-21-16-23(20-24(17-21)30(3,4)5)25-12-10-11-13-27(25)32(14-15-34-9)28-19-22(2)18-26(29(28)33)31(6,7)8/h10-13,16-20,33H,14-15H2,1-9H3. The van der Waals surface area contributed by atoms with E-state index >= 15 is 0 Å². The van der Waals surface area contributed by atoms with E-state index in [0.29, 0.717) is 18.9 Å². The van der Waals surface area contributed by atoms with E-state index in [4.69, 9.17) is 4.74 Å². The quantitative estimate of drug-likeness (QED) is 0.405. The molecule has 1 N–H and O–H groups in total. The molecule has 0 saturated carbocycles. The third kappa shape index (κ3) is 5.64. The summed E-state index contributed by atoms with van der Waals surface area (Å²) in [4.78, 5) is 2.20. The van der Waals surface area contributed by atoms with Gasteiger partial charge in [-0.2, -0.15) is 0 Å². The van der Waals surface area contributed by atoms with Crippen LogP contribution in [0.1, 0.15) is 63.8 Å². The van der Waals surface area contributed by atoms with E-state index in [-0.39, 0.29) is 10.8 Å². The lowest BCUT2D eigenvalue weighted by Crippen LogP contribution is -2.24. The predicted molar refractivity (Wildman–Crippen MR) is 146 cm³/mol. The number of aryl methyl sites for hydroxylation is 2. The monoisotopic (exact) mass is 459 g/mol. The number of phenols is 1. The molecule has 0 spiro atoms. The van der Waals surface area contributed by atoms with Crippen molar-refractivity contribution in [2.75, 3.05) is 25.2 Å². The molecule has 0 heterocycles. The summed E-state index contributed by atoms with van der Waals surface area (Å²) < 4.78 is 5.49. The Balaban J connectivity index is 2.26. The van der Waals surface area contributed by atoms with E-state index in [0.717, 1.165) is 28.1 Å². The lowest BCUT2D eigenvalue weighted by Gasteiger charge is -2.31. The Morgan fingerprint density at radius 3 is 2.06 bits per heavy atom. The normalized spacial score (nSPS) is 12.1. The minimum Gasteiger partial charge on any atom is -0.505 e. The number of methoxy groups -OCH3 is 1. The number of aromatic hydroxyl groups is 1. The maximum absolute atomic E-state index is 11.5. The van der Waals surface area contributed by atoms with E-state index in [2.05, 4.69) is 115 Å². The molecule has 3 heteroatoms. The molecular formula is C31H41NO2. The SMILES string of the molecule is COCCN(c1ccccc1-c1cc(C)cc(C(C)(C)C)c1)c1cc(C)cc(C(C)(C)C)c1O. The first-order chi connectivity index (χ1) is 15.8. The van der Waals surface area contributed by atoms with Crippen molar-refractivity contribution in [1.82, 2.24) is 0 Å². The first-order valence-corrected chi connectivity index (χ1v) is 12.1. The van der Waals surface area contributed by atoms with E-state index in [1.165, 1.54) is 16.7 Å². The van der Waals surface area contributed by atoms with Crippen LogP contribution in [0.5, 0.6) is 5.75 Å². The smallest absolute Gasteiger partial charge is 0.142 e. The average molecular weight is 460 g/mol. The summed E-state index contributed by atoms with van der Waals surface area (Å²) in [6, 6.07) is 19.5. The molecule has 0 unspecified atom stereocenters. The van der Waals surface area contributed by atoms with Gasteiger partial charge in [0.05, 0.1) is 12.3 Å². The molecule has 0 fully saturated rings. The lowest BCUT2D eigenvalue weighted by molar-refractivity contribution is 0.207. The molecule has 182 valence electrons. The Bertz CT molecular complexity index is 1150. The van der Waals surface area contributed by atoms with Crippen molar-refractivity contribution in [2.45, 2.75) is 66.2 Å². The molecule has 34 heavy (non-hydrogen) atoms. The Kier molecular flexibility index (Phi) is 7.47. The van der Waals surface area contributed by atoms with Crippen LogP contribution < -0.4 is 4.90 Å². The molecule has 0 bridgehead atoms. The zero-order chi connectivity index (χ0) is 25.3. The first kappa shape index (κ1) is 25.8. The zero-order valence-corrected chi connectivity index (χ0v) is 22.4. The molecule has 0 radical (unpaired) electrons. The Morgan fingerprint density at radius 2 is 1.44 bits per heavy atom. The summed E-state index contributed by atoms with van der Waals surface area (Å²) in [5.74, 6) is 0.337. The average Bonchev–Trinajstić information content (AvgIpc) is 2.74. The number of phenolic OH excluding ortho intramolecular Hbond substituents is 1. The van der Waals surface area contributed by atoms with Crippen molar-refractivity contribution in [2.24, 2.45) is 0 Å². The van der Waals surface area contributed by atoms with Crippen LogP contribution >= 0.6 is 0 Å². The summed E-state index contributed by atoms with van der Waals surface area (Å²) in [7, 11) is 1.72. The number of hydrogen-bond donors (Lipinski definition) is 1. The van der Waals surface area contributed by atoms with Crippen molar-refractivity contribution >= 4 is 11.4 Å². The molecule has 0 amide bonds. The van der Waals surface area contributed by atoms with Crippen molar-refractivity contribution in [3.8, 4) is 16.9 Å². The number of nitrogens with zero attached hydrogens (tertiary/aromatic N) is 1. The fourth-order valence-corrected chi connectivity index (χ4v) is 4.42. The van der Waals surface area contributed by atoms with Gasteiger partial charge in [-0.15, -0.1) is 0 Å². The van der Waals surface area contributed by atoms with Crippen molar-refractivity contribution in [3.63, 3.8) is 0 Å². The highest BCUT2D eigenvalue weighted by molar-refractivity contribution is 5.85. The summed E-state index contributed by atoms with van der Waals surface area (Å²) in [6.45, 7) is 18.6. The van der Waals surface area contributed by atoms with E-state index in [9.17, 15) is 5.11 Å². The number of hydrogen-bond acceptors (Lipinski definition) is 3. The Hall–Kier alpha value is -2.78. The lowest BCUT2D eigenvalue weighted by atomic mass is 9.84. The number of para-hydroxylation sites is 1. The van der Waals surface area contributed by atoms with Crippen LogP contribution in [-0.2, 0) is 15.6 Å². The molecule has 0 atom stereocenters. The number of benzene rings is 3. The van der Waals surface area contributed by atoms with Crippen molar-refractivity contribution < 1.29 is 9.84 Å². The van der Waals surface area contributed by atoms with Crippen molar-refractivity contribution in [1.29, 1.82) is 0 Å². The molecular weight excluding hydrogens is 418 g/mol. The highest BCUT2D eigenvalue weighted by Gasteiger charge is 2.25. The van der Waals surface area contributed by atoms with Gasteiger partial charge in [0, 0.05) is 30.5 Å². The van der Waals surface area contributed by atoms with Gasteiger partial charge in [0.25, 0.3) is 0 Å². The van der Waals surface area contributed by atoms with Crippen LogP contribution in [0.25, 0.3) is 11.1 Å². The fraction of sp³-hybridized carbons (Fsp3) is 0.419. The molecule has 3 aromatic carbocycles. The van der Waals surface area contributed by atoms with Gasteiger partial charge in [-0.25, -0.2) is 0 Å². The van der Waals surface area contributed by atoms with E-state index < -0.39 is 0 Å². The van der Waals surface area contributed by atoms with Gasteiger partial charge in [-0.1, -0.05) is 89.6 Å². The molecule has 3 nitrogen and oxygen atoms in total. The summed E-state index contributed by atoms with van der Waals surface area (Å²) in [5.41, 5.74) is 8.73. The van der Waals surface area contributed by atoms with Gasteiger partial charge in [-0.3, -0.25) is 0 Å². The second kappa shape index (κ2) is 9.84. The molecule has 3 rings (SSSR count). The van der Waals surface area contributed by atoms with Crippen LogP contribution in [0.15, 0.2) is 54.6 Å². The minimum absolute atomic E-state index is 0.0574. The number of ether oxygens (including phenoxy) is 1. The second-order valence-electron chi connectivity index (χ2n) is 11.4. The van der Waals surface area contributed by atoms with Gasteiger partial charge in [0.1, 0.15) is 5.75 Å². The zero-order valence-electron chi connectivity index (χ0n) is 22.4. The van der Waals surface area contributed by atoms with Crippen LogP contribution in [0, 0.1) is 13.8 Å². The number of rotatable bonds is 6. The first-order valence-electron chi connectivity index (χ1n) is 12.1. The largest absolute Gasteiger partial charge is 0.505 e. The van der Waals surface area contributed by atoms with Gasteiger partial charge in [0.2, 0.25) is 0 Å². The van der Waals surface area contributed by atoms with E-state index in [1.54, 1.807) is 7.11 Å². The number of anilines is 2. The highest BCUT2D eigenvalue weighted by atomic mass is 16.5. The second-order valence-corrected chi connectivity index (χ2v) is 11.4. The molecule has 0 saturated heterocycles. The third-order valence-electron chi connectivity index (χ3n) is 6.30. The minimum atomic E-state index is -0.171. The van der Waals surface area contributed by atoms with E-state index in [1.807, 2.05) is 0 Å². The molecule has 0 aliphatic carbocycles. The molecule has 0 aliphatic rings. The summed E-state index contributed by atoms with van der Waals surface area (Å²) >= 11 is 0. The molecule has 3 aromatic rings. The fourth-order valence-electron chi connectivity index (χ4n) is 4.42. The maximum atomic E-state index is 11.5. The van der Waals surface area contributed by atoms with Crippen molar-refractivity contribution in [3.05, 3.63) is 76.9 Å². The topological polar surface area (TPSA) is 32.7 Å². The maximum Gasteiger partial charge on any atom is 0.142 e. The van der Waals surface area contributed by atoms with Crippen LogP contribution in [-0.4, -0.2) is 25.4 Å². The van der Waals surface area contributed by atoms with Crippen LogP contribution in [0.3, 0.4) is 0 Å². The van der Waals surface area contributed by atoms with Gasteiger partial charge < -0.3 is 14.7 Å². The van der Waals surface area contributed by atoms with Gasteiger partial charge in [-0.05, 0) is 53.5 Å². The molecule has 0 aliphatic heterocycles.